The molecule has 0 spiro atoms. The van der Waals surface area contributed by atoms with Crippen molar-refractivity contribution in [2.75, 3.05) is 6.54 Å². The lowest BCUT2D eigenvalue weighted by atomic mass is 10.2. The van der Waals surface area contributed by atoms with Gasteiger partial charge in [0.2, 0.25) is 17.6 Å². The Kier molecular flexibility index (Phi) is 5.24. The number of hydrogen-bond donors (Lipinski definition) is 2. The van der Waals surface area contributed by atoms with Crippen LogP contribution in [0, 0.1) is 0 Å². The lowest BCUT2D eigenvalue weighted by Gasteiger charge is -2.03. The van der Waals surface area contributed by atoms with Gasteiger partial charge in [0.05, 0.1) is 11.0 Å². The van der Waals surface area contributed by atoms with Crippen LogP contribution in [0.15, 0.2) is 45.6 Å². The first-order chi connectivity index (χ1) is 13.3. The third-order valence-corrected chi connectivity index (χ3v) is 4.85. The number of H-pyrrole nitrogens is 1. The van der Waals surface area contributed by atoms with Gasteiger partial charge in [-0.05, 0) is 30.0 Å². The summed E-state index contributed by atoms with van der Waals surface area (Å²) in [5.74, 6) is 1.97. The number of amides is 1. The van der Waals surface area contributed by atoms with Gasteiger partial charge in [0.15, 0.2) is 0 Å². The van der Waals surface area contributed by atoms with E-state index in [1.54, 1.807) is 11.3 Å². The van der Waals surface area contributed by atoms with Gasteiger partial charge in [-0.2, -0.15) is 16.3 Å². The van der Waals surface area contributed by atoms with Gasteiger partial charge in [0, 0.05) is 36.8 Å². The summed E-state index contributed by atoms with van der Waals surface area (Å²) in [6, 6.07) is 9.89. The number of nitrogens with zero attached hydrogens (tertiary/aromatic N) is 3. The number of aromatic nitrogens is 4. The number of para-hydroxylation sites is 2. The molecule has 0 fully saturated rings. The molecule has 138 valence electrons. The summed E-state index contributed by atoms with van der Waals surface area (Å²) in [7, 11) is 0. The van der Waals surface area contributed by atoms with Crippen LogP contribution in [0.1, 0.15) is 24.6 Å². The van der Waals surface area contributed by atoms with Crippen LogP contribution in [-0.2, 0) is 17.6 Å². The molecule has 0 radical (unpaired) electrons. The van der Waals surface area contributed by atoms with Crippen molar-refractivity contribution in [3.05, 3.63) is 52.8 Å². The minimum absolute atomic E-state index is 0.0186. The first kappa shape index (κ1) is 17.4. The van der Waals surface area contributed by atoms with Crippen LogP contribution in [0.3, 0.4) is 0 Å². The fraction of sp³-hybridized carbons (Fsp3) is 0.263. The van der Waals surface area contributed by atoms with Crippen LogP contribution in [0.5, 0.6) is 0 Å². The maximum atomic E-state index is 12.0. The Bertz CT molecular complexity index is 989. The van der Waals surface area contributed by atoms with E-state index in [-0.39, 0.29) is 5.91 Å². The largest absolute Gasteiger partial charge is 0.356 e. The number of aryl methyl sites for hydroxylation is 2. The normalized spacial score (nSPS) is 11.1. The van der Waals surface area contributed by atoms with Gasteiger partial charge in [-0.25, -0.2) is 4.98 Å². The van der Waals surface area contributed by atoms with E-state index in [4.69, 9.17) is 4.52 Å². The maximum Gasteiger partial charge on any atom is 0.227 e. The highest BCUT2D eigenvalue weighted by Crippen LogP contribution is 2.19. The second kappa shape index (κ2) is 8.13. The first-order valence-electron chi connectivity index (χ1n) is 8.83. The second-order valence-electron chi connectivity index (χ2n) is 6.18. The van der Waals surface area contributed by atoms with Crippen molar-refractivity contribution in [2.24, 2.45) is 0 Å². The average Bonchev–Trinajstić information content (AvgIpc) is 3.43. The monoisotopic (exact) mass is 381 g/mol. The maximum absolute atomic E-state index is 12.0. The summed E-state index contributed by atoms with van der Waals surface area (Å²) in [6.07, 6.45) is 2.39. The Morgan fingerprint density at radius 1 is 1.19 bits per heavy atom. The zero-order chi connectivity index (χ0) is 18.5. The quantitative estimate of drug-likeness (QED) is 0.456. The van der Waals surface area contributed by atoms with Crippen molar-refractivity contribution in [3.8, 4) is 11.4 Å². The van der Waals surface area contributed by atoms with Crippen molar-refractivity contribution in [3.63, 3.8) is 0 Å². The van der Waals surface area contributed by atoms with Gasteiger partial charge in [0.25, 0.3) is 0 Å². The second-order valence-corrected chi connectivity index (χ2v) is 6.96. The molecule has 0 saturated heterocycles. The highest BCUT2D eigenvalue weighted by molar-refractivity contribution is 7.08. The number of nitrogens with one attached hydrogen (secondary N) is 2. The van der Waals surface area contributed by atoms with Crippen molar-refractivity contribution < 1.29 is 9.32 Å². The fourth-order valence-electron chi connectivity index (χ4n) is 2.78. The Morgan fingerprint density at radius 2 is 2.11 bits per heavy atom. The highest BCUT2D eigenvalue weighted by atomic mass is 32.1. The molecule has 0 bridgehead atoms. The van der Waals surface area contributed by atoms with Crippen molar-refractivity contribution in [1.29, 1.82) is 0 Å². The molecule has 0 aliphatic carbocycles. The third kappa shape index (κ3) is 4.40. The van der Waals surface area contributed by atoms with Gasteiger partial charge >= 0.3 is 0 Å². The molecule has 1 aromatic carbocycles. The van der Waals surface area contributed by atoms with Crippen LogP contribution in [0.2, 0.25) is 0 Å². The number of imidazole rings is 1. The van der Waals surface area contributed by atoms with E-state index in [0.29, 0.717) is 31.1 Å². The van der Waals surface area contributed by atoms with Gasteiger partial charge in [-0.15, -0.1) is 0 Å². The van der Waals surface area contributed by atoms with E-state index in [0.717, 1.165) is 35.3 Å². The molecule has 1 amide bonds. The molecule has 4 aromatic rings. The fourth-order valence-corrected chi connectivity index (χ4v) is 3.42. The molecular formula is C19H19N5O2S. The Morgan fingerprint density at radius 3 is 2.96 bits per heavy atom. The molecule has 0 aliphatic rings. The van der Waals surface area contributed by atoms with Crippen molar-refractivity contribution in [1.82, 2.24) is 25.4 Å². The molecule has 0 unspecified atom stereocenters. The topological polar surface area (TPSA) is 96.7 Å². The Hall–Kier alpha value is -3.00. The molecule has 0 atom stereocenters. The van der Waals surface area contributed by atoms with E-state index in [9.17, 15) is 4.79 Å². The predicted octanol–water partition coefficient (Wildman–Crippen LogP) is 3.36. The number of thiophene rings is 1. The van der Waals surface area contributed by atoms with Crippen molar-refractivity contribution >= 4 is 28.3 Å². The van der Waals surface area contributed by atoms with Gasteiger partial charge in [-0.1, -0.05) is 17.3 Å². The smallest absolute Gasteiger partial charge is 0.227 e. The van der Waals surface area contributed by atoms with Crippen LogP contribution >= 0.6 is 11.3 Å². The number of rotatable bonds is 8. The number of carbonyl (C=O) groups excluding carboxylic acids is 1. The minimum Gasteiger partial charge on any atom is -0.356 e. The van der Waals surface area contributed by atoms with Crippen molar-refractivity contribution in [2.45, 2.75) is 25.7 Å². The average molecular weight is 381 g/mol. The molecule has 0 saturated carbocycles. The first-order valence-corrected chi connectivity index (χ1v) is 9.78. The lowest BCUT2D eigenvalue weighted by Crippen LogP contribution is -2.25. The van der Waals surface area contributed by atoms with Crippen LogP contribution in [0.25, 0.3) is 22.4 Å². The number of hydrogen-bond acceptors (Lipinski definition) is 6. The molecule has 7 nitrogen and oxygen atoms in total. The summed E-state index contributed by atoms with van der Waals surface area (Å²) < 4.78 is 5.20. The SMILES string of the molecule is O=C(CCc1nc(-c2ccsc2)no1)NCCCc1nc2ccccc2[nH]1. The summed E-state index contributed by atoms with van der Waals surface area (Å²) >= 11 is 1.58. The molecule has 0 aliphatic heterocycles. The highest BCUT2D eigenvalue weighted by Gasteiger charge is 2.11. The van der Waals surface area contributed by atoms with E-state index in [2.05, 4.69) is 25.4 Å². The van der Waals surface area contributed by atoms with E-state index >= 15 is 0 Å². The summed E-state index contributed by atoms with van der Waals surface area (Å²) in [5, 5.41) is 10.8. The van der Waals surface area contributed by atoms with Gasteiger partial charge in [0.1, 0.15) is 5.82 Å². The third-order valence-electron chi connectivity index (χ3n) is 4.16. The molecule has 3 aromatic heterocycles. The Balaban J connectivity index is 1.18. The number of benzene rings is 1. The molecule has 27 heavy (non-hydrogen) atoms. The van der Waals surface area contributed by atoms with E-state index < -0.39 is 0 Å². The predicted molar refractivity (Wildman–Crippen MR) is 103 cm³/mol. The van der Waals surface area contributed by atoms with E-state index in [1.807, 2.05) is 41.1 Å². The van der Waals surface area contributed by atoms with Gasteiger partial charge in [-0.3, -0.25) is 4.79 Å². The molecule has 4 rings (SSSR count). The lowest BCUT2D eigenvalue weighted by molar-refractivity contribution is -0.121. The van der Waals surface area contributed by atoms with Crippen LogP contribution in [0.4, 0.5) is 0 Å². The number of fused-ring (bicyclic) bond motifs is 1. The van der Waals surface area contributed by atoms with Gasteiger partial charge < -0.3 is 14.8 Å². The van der Waals surface area contributed by atoms with Crippen LogP contribution in [-0.4, -0.2) is 32.6 Å². The van der Waals surface area contributed by atoms with E-state index in [1.165, 1.54) is 0 Å². The number of aromatic amines is 1. The zero-order valence-electron chi connectivity index (χ0n) is 14.6. The molecule has 2 N–H and O–H groups in total. The summed E-state index contributed by atoms with van der Waals surface area (Å²) in [4.78, 5) is 24.1. The standard InChI is InChI=1S/C19H19N5O2S/c25-17(7-8-18-23-19(24-26-18)13-9-11-27-12-13)20-10-3-6-16-21-14-4-1-2-5-15(14)22-16/h1-2,4-5,9,11-12H,3,6-8,10H2,(H,20,25)(H,21,22). The van der Waals surface area contributed by atoms with Crippen LogP contribution < -0.4 is 5.32 Å². The zero-order valence-corrected chi connectivity index (χ0v) is 15.5. The summed E-state index contributed by atoms with van der Waals surface area (Å²) in [5.41, 5.74) is 2.95. The molecule has 3 heterocycles. The molecular weight excluding hydrogens is 362 g/mol. The Labute approximate surface area is 159 Å². The summed E-state index contributed by atoms with van der Waals surface area (Å²) in [6.45, 7) is 0.611. The minimum atomic E-state index is -0.0186. The number of carbonyl (C=O) groups is 1. The molecule has 8 heteroatoms.